The standard InChI is InChI=1S/C24H33N3O3S/c1-18-8-11-23(30-3)24(15-18)31(28,29)25-17-22(27-13-4-5-14-27)20-9-10-21-19(16-20)7-6-12-26(21)2/h8-11,15-16,22,25H,4-7,12-14,17H2,1-3H3/t22-/m1/s1. The molecule has 4 rings (SSSR count). The van der Waals surface area contributed by atoms with Gasteiger partial charge in [0.2, 0.25) is 10.0 Å². The monoisotopic (exact) mass is 443 g/mol. The molecule has 0 aliphatic carbocycles. The maximum Gasteiger partial charge on any atom is 0.244 e. The van der Waals surface area contributed by atoms with Gasteiger partial charge >= 0.3 is 0 Å². The number of anilines is 1. The van der Waals surface area contributed by atoms with Gasteiger partial charge in [-0.05, 0) is 80.6 Å². The number of nitrogens with one attached hydrogen (secondary N) is 1. The number of fused-ring (bicyclic) bond motifs is 1. The van der Waals surface area contributed by atoms with E-state index in [1.807, 2.05) is 13.0 Å². The Labute approximate surface area is 186 Å². The molecule has 2 aliphatic heterocycles. The second-order valence-electron chi connectivity index (χ2n) is 8.68. The third-order valence-electron chi connectivity index (χ3n) is 6.50. The van der Waals surface area contributed by atoms with E-state index in [1.165, 1.54) is 23.9 Å². The van der Waals surface area contributed by atoms with Gasteiger partial charge in [-0.25, -0.2) is 13.1 Å². The summed E-state index contributed by atoms with van der Waals surface area (Å²) in [6, 6.07) is 11.9. The Kier molecular flexibility index (Phi) is 6.55. The predicted molar refractivity (Wildman–Crippen MR) is 125 cm³/mol. The van der Waals surface area contributed by atoms with Crippen molar-refractivity contribution in [3.8, 4) is 5.75 Å². The highest BCUT2D eigenvalue weighted by molar-refractivity contribution is 7.89. The van der Waals surface area contributed by atoms with Crippen molar-refractivity contribution in [2.24, 2.45) is 0 Å². The van der Waals surface area contributed by atoms with Crippen LogP contribution in [0.3, 0.4) is 0 Å². The summed E-state index contributed by atoms with van der Waals surface area (Å²) in [6.45, 7) is 5.30. The van der Waals surface area contributed by atoms with E-state index in [1.54, 1.807) is 12.1 Å². The van der Waals surface area contributed by atoms with Crippen molar-refractivity contribution in [2.45, 2.75) is 43.5 Å². The molecule has 7 heteroatoms. The molecule has 6 nitrogen and oxygen atoms in total. The number of sulfonamides is 1. The highest BCUT2D eigenvalue weighted by Gasteiger charge is 2.28. The van der Waals surface area contributed by atoms with E-state index < -0.39 is 10.0 Å². The fraction of sp³-hybridized carbons (Fsp3) is 0.500. The number of ether oxygens (including phenoxy) is 1. The first kappa shape index (κ1) is 22.1. The Hall–Kier alpha value is -2.09. The average Bonchev–Trinajstić information content (AvgIpc) is 3.28. The van der Waals surface area contributed by atoms with Gasteiger partial charge in [0.25, 0.3) is 0 Å². The van der Waals surface area contributed by atoms with Gasteiger partial charge in [-0.15, -0.1) is 0 Å². The molecule has 0 unspecified atom stereocenters. The summed E-state index contributed by atoms with van der Waals surface area (Å²) in [7, 11) is -0.0554. The van der Waals surface area contributed by atoms with Gasteiger partial charge in [-0.2, -0.15) is 0 Å². The molecule has 1 fully saturated rings. The van der Waals surface area contributed by atoms with Crippen molar-refractivity contribution < 1.29 is 13.2 Å². The van der Waals surface area contributed by atoms with E-state index in [4.69, 9.17) is 4.74 Å². The molecule has 168 valence electrons. The summed E-state index contributed by atoms with van der Waals surface area (Å²) >= 11 is 0. The van der Waals surface area contributed by atoms with Gasteiger partial charge in [0.1, 0.15) is 10.6 Å². The molecule has 0 spiro atoms. The second-order valence-corrected chi connectivity index (χ2v) is 10.4. The van der Waals surface area contributed by atoms with Gasteiger partial charge < -0.3 is 9.64 Å². The smallest absolute Gasteiger partial charge is 0.244 e. The van der Waals surface area contributed by atoms with E-state index in [0.717, 1.165) is 50.9 Å². The van der Waals surface area contributed by atoms with E-state index in [9.17, 15) is 8.42 Å². The number of hydrogen-bond acceptors (Lipinski definition) is 5. The molecule has 2 aromatic rings. The van der Waals surface area contributed by atoms with Crippen LogP contribution in [-0.4, -0.2) is 53.7 Å². The highest BCUT2D eigenvalue weighted by atomic mass is 32.2. The minimum absolute atomic E-state index is 0.0191. The Morgan fingerprint density at radius 2 is 1.84 bits per heavy atom. The SMILES string of the molecule is COc1ccc(C)cc1S(=O)(=O)NC[C@H](c1ccc2c(c1)CCCN2C)N1CCCC1. The van der Waals surface area contributed by atoms with Gasteiger partial charge in [-0.1, -0.05) is 18.2 Å². The molecule has 1 saturated heterocycles. The lowest BCUT2D eigenvalue weighted by molar-refractivity contribution is 0.246. The molecular weight excluding hydrogens is 410 g/mol. The quantitative estimate of drug-likeness (QED) is 0.710. The topological polar surface area (TPSA) is 61.9 Å². The number of rotatable bonds is 7. The molecule has 2 aromatic carbocycles. The van der Waals surface area contributed by atoms with Crippen molar-refractivity contribution in [3.63, 3.8) is 0 Å². The number of hydrogen-bond donors (Lipinski definition) is 1. The summed E-state index contributed by atoms with van der Waals surface area (Å²) in [5.74, 6) is 0.368. The van der Waals surface area contributed by atoms with E-state index in [0.29, 0.717) is 12.3 Å². The van der Waals surface area contributed by atoms with Crippen LogP contribution in [0.2, 0.25) is 0 Å². The van der Waals surface area contributed by atoms with E-state index in [-0.39, 0.29) is 10.9 Å². The van der Waals surface area contributed by atoms with Gasteiger partial charge in [0, 0.05) is 31.9 Å². The van der Waals surface area contributed by atoms with Crippen LogP contribution in [0, 0.1) is 6.92 Å². The number of benzene rings is 2. The third kappa shape index (κ3) is 4.73. The summed E-state index contributed by atoms with van der Waals surface area (Å²) in [5.41, 5.74) is 4.73. The van der Waals surface area contributed by atoms with E-state index >= 15 is 0 Å². The molecule has 0 radical (unpaired) electrons. The Balaban J connectivity index is 1.61. The fourth-order valence-corrected chi connectivity index (χ4v) is 6.07. The molecule has 0 saturated carbocycles. The van der Waals surface area contributed by atoms with E-state index in [2.05, 4.69) is 39.8 Å². The Bertz CT molecular complexity index is 1030. The maximum atomic E-state index is 13.2. The first-order valence-electron chi connectivity index (χ1n) is 11.1. The van der Waals surface area contributed by atoms with Crippen LogP contribution in [0.5, 0.6) is 5.75 Å². The summed E-state index contributed by atoms with van der Waals surface area (Å²) in [4.78, 5) is 4.91. The van der Waals surface area contributed by atoms with Gasteiger partial charge in [0.15, 0.2) is 0 Å². The molecule has 0 bridgehead atoms. The lowest BCUT2D eigenvalue weighted by Crippen LogP contribution is -2.37. The number of nitrogens with zero attached hydrogens (tertiary/aromatic N) is 2. The highest BCUT2D eigenvalue weighted by Crippen LogP contribution is 2.32. The number of methoxy groups -OCH3 is 1. The largest absolute Gasteiger partial charge is 0.495 e. The minimum Gasteiger partial charge on any atom is -0.495 e. The molecule has 31 heavy (non-hydrogen) atoms. The molecule has 1 N–H and O–H groups in total. The zero-order chi connectivity index (χ0) is 22.0. The number of likely N-dealkylation sites (tertiary alicyclic amines) is 1. The van der Waals surface area contributed by atoms with Crippen LogP contribution in [0.4, 0.5) is 5.69 Å². The molecule has 0 amide bonds. The molecule has 1 atom stereocenters. The second kappa shape index (κ2) is 9.18. The van der Waals surface area contributed by atoms with Crippen molar-refractivity contribution in [1.29, 1.82) is 0 Å². The fourth-order valence-electron chi connectivity index (χ4n) is 4.78. The lowest BCUT2D eigenvalue weighted by atomic mass is 9.96. The first-order valence-corrected chi connectivity index (χ1v) is 12.6. The predicted octanol–water partition coefficient (Wildman–Crippen LogP) is 3.50. The summed E-state index contributed by atoms with van der Waals surface area (Å²) < 4.78 is 34.5. The van der Waals surface area contributed by atoms with Gasteiger partial charge in [0.05, 0.1) is 7.11 Å². The summed E-state index contributed by atoms with van der Waals surface area (Å²) in [6.07, 6.45) is 4.54. The molecule has 2 aliphatic rings. The van der Waals surface area contributed by atoms with Crippen LogP contribution in [0.15, 0.2) is 41.3 Å². The minimum atomic E-state index is -3.69. The number of aryl methyl sites for hydroxylation is 2. The average molecular weight is 444 g/mol. The van der Waals surface area contributed by atoms with Crippen LogP contribution < -0.4 is 14.4 Å². The Morgan fingerprint density at radius 1 is 1.06 bits per heavy atom. The van der Waals surface area contributed by atoms with Crippen molar-refractivity contribution in [3.05, 3.63) is 53.1 Å². The van der Waals surface area contributed by atoms with Crippen LogP contribution in [0.1, 0.15) is 42.0 Å². The lowest BCUT2D eigenvalue weighted by Gasteiger charge is -2.32. The molecular formula is C24H33N3O3S. The Morgan fingerprint density at radius 3 is 2.58 bits per heavy atom. The zero-order valence-electron chi connectivity index (χ0n) is 18.7. The third-order valence-corrected chi connectivity index (χ3v) is 7.94. The maximum absolute atomic E-state index is 13.2. The van der Waals surface area contributed by atoms with Crippen molar-refractivity contribution in [2.75, 3.05) is 45.2 Å². The molecule has 0 aromatic heterocycles. The molecule has 2 heterocycles. The zero-order valence-corrected chi connectivity index (χ0v) is 19.5. The normalized spacial score (nSPS) is 18.1. The van der Waals surface area contributed by atoms with Crippen LogP contribution >= 0.6 is 0 Å². The van der Waals surface area contributed by atoms with Crippen LogP contribution in [-0.2, 0) is 16.4 Å². The van der Waals surface area contributed by atoms with Crippen molar-refractivity contribution >= 4 is 15.7 Å². The van der Waals surface area contributed by atoms with Crippen LogP contribution in [0.25, 0.3) is 0 Å². The van der Waals surface area contributed by atoms with Crippen molar-refractivity contribution in [1.82, 2.24) is 9.62 Å². The summed E-state index contributed by atoms with van der Waals surface area (Å²) in [5, 5.41) is 0. The van der Waals surface area contributed by atoms with Gasteiger partial charge in [-0.3, -0.25) is 4.90 Å². The first-order chi connectivity index (χ1) is 14.9.